The first-order chi connectivity index (χ1) is 15.8. The van der Waals surface area contributed by atoms with Gasteiger partial charge in [-0.2, -0.15) is 4.31 Å². The number of sulfonamides is 1. The van der Waals surface area contributed by atoms with E-state index in [1.165, 1.54) is 40.7 Å². The molecule has 33 heavy (non-hydrogen) atoms. The topological polar surface area (TPSA) is 104 Å². The second kappa shape index (κ2) is 10.7. The van der Waals surface area contributed by atoms with Crippen molar-refractivity contribution < 1.29 is 27.5 Å². The fourth-order valence-electron chi connectivity index (χ4n) is 3.75. The molecule has 1 fully saturated rings. The van der Waals surface area contributed by atoms with Crippen molar-refractivity contribution in [3.05, 3.63) is 77.1 Å². The zero-order valence-electron chi connectivity index (χ0n) is 18.1. The number of piperazine rings is 1. The maximum atomic E-state index is 13.8. The number of carbonyl (C=O) groups excluding carboxylic acids is 1. The van der Waals surface area contributed by atoms with Crippen molar-refractivity contribution in [1.29, 1.82) is 0 Å². The summed E-state index contributed by atoms with van der Waals surface area (Å²) in [5, 5.41) is 11.4. The summed E-state index contributed by atoms with van der Waals surface area (Å²) in [4.78, 5) is 21.7. The molecule has 3 aromatic carbocycles. The van der Waals surface area contributed by atoms with Gasteiger partial charge in [0.2, 0.25) is 10.0 Å². The minimum Gasteiger partial charge on any atom is -0.483 e. The average molecular weight is 473 g/mol. The highest BCUT2D eigenvalue weighted by molar-refractivity contribution is 7.89. The molecule has 0 aromatic heterocycles. The maximum absolute atomic E-state index is 13.8. The van der Waals surface area contributed by atoms with Gasteiger partial charge in [-0.15, -0.1) is 0 Å². The van der Waals surface area contributed by atoms with Gasteiger partial charge in [0.1, 0.15) is 5.82 Å². The van der Waals surface area contributed by atoms with E-state index in [1.807, 2.05) is 13.0 Å². The molecule has 3 aromatic rings. The molecule has 7 nitrogen and oxygen atoms in total. The lowest BCUT2D eigenvalue weighted by molar-refractivity contribution is -0.122. The number of carbonyl (C=O) groups is 2. The first kappa shape index (κ1) is 24.5. The number of rotatable bonds is 5. The molecular formula is C24H25FN2O5S. The van der Waals surface area contributed by atoms with E-state index in [4.69, 9.17) is 9.90 Å². The van der Waals surface area contributed by atoms with Crippen molar-refractivity contribution in [3.63, 3.8) is 0 Å². The van der Waals surface area contributed by atoms with Crippen molar-refractivity contribution in [2.45, 2.75) is 18.2 Å². The zero-order chi connectivity index (χ0) is 24.0. The third-order valence-electron chi connectivity index (χ3n) is 5.46. The van der Waals surface area contributed by atoms with E-state index in [0.29, 0.717) is 42.7 Å². The van der Waals surface area contributed by atoms with Crippen LogP contribution in [-0.2, 0) is 21.2 Å². The van der Waals surface area contributed by atoms with Gasteiger partial charge in [0, 0.05) is 37.3 Å². The summed E-state index contributed by atoms with van der Waals surface area (Å²) in [5.74, 6) is -0.662. The lowest BCUT2D eigenvalue weighted by Crippen LogP contribution is -2.46. The van der Waals surface area contributed by atoms with Crippen LogP contribution >= 0.6 is 0 Å². The molecule has 4 rings (SSSR count). The maximum Gasteiger partial charge on any atom is 0.290 e. The lowest BCUT2D eigenvalue weighted by Gasteiger charge is -2.26. The Bertz CT molecular complexity index is 1250. The van der Waals surface area contributed by atoms with Crippen LogP contribution in [0.4, 0.5) is 4.39 Å². The molecule has 9 heteroatoms. The number of benzene rings is 3. The van der Waals surface area contributed by atoms with Crippen LogP contribution in [0.3, 0.4) is 0 Å². The molecule has 0 aliphatic carbocycles. The second-order valence-electron chi connectivity index (χ2n) is 7.48. The molecule has 0 amide bonds. The molecular weight excluding hydrogens is 447 g/mol. The van der Waals surface area contributed by atoms with Crippen LogP contribution in [0.2, 0.25) is 0 Å². The predicted octanol–water partition coefficient (Wildman–Crippen LogP) is 3.07. The Hall–Kier alpha value is -3.14. The van der Waals surface area contributed by atoms with Gasteiger partial charge in [-0.3, -0.25) is 9.59 Å². The van der Waals surface area contributed by atoms with Crippen molar-refractivity contribution in [2.24, 2.45) is 0 Å². The van der Waals surface area contributed by atoms with Crippen molar-refractivity contribution >= 4 is 33.1 Å². The van der Waals surface area contributed by atoms with E-state index in [0.717, 1.165) is 17.4 Å². The van der Waals surface area contributed by atoms with Crippen LogP contribution in [0.1, 0.15) is 28.4 Å². The SMILES string of the molecule is CCc1cc(C(=O)c2ccc(S(=O)(=O)N3CCNCC3)cc2)c2cc(F)ccc2c1.O=CO. The summed E-state index contributed by atoms with van der Waals surface area (Å²) in [5.41, 5.74) is 1.77. The van der Waals surface area contributed by atoms with Gasteiger partial charge in [-0.1, -0.05) is 19.1 Å². The summed E-state index contributed by atoms with van der Waals surface area (Å²) in [6, 6.07) is 14.2. The predicted molar refractivity (Wildman–Crippen MR) is 123 cm³/mol. The van der Waals surface area contributed by atoms with Crippen molar-refractivity contribution in [2.75, 3.05) is 26.2 Å². The van der Waals surface area contributed by atoms with Crippen molar-refractivity contribution in [1.82, 2.24) is 9.62 Å². The monoisotopic (exact) mass is 472 g/mol. The molecule has 0 saturated carbocycles. The number of carboxylic acid groups (broad SMARTS) is 1. The molecule has 0 unspecified atom stereocenters. The number of fused-ring (bicyclic) bond motifs is 1. The minimum absolute atomic E-state index is 0.166. The Morgan fingerprint density at radius 2 is 1.73 bits per heavy atom. The van der Waals surface area contributed by atoms with E-state index in [9.17, 15) is 17.6 Å². The average Bonchev–Trinajstić information content (AvgIpc) is 2.84. The fraction of sp³-hybridized carbons (Fsp3) is 0.250. The summed E-state index contributed by atoms with van der Waals surface area (Å²) >= 11 is 0. The number of nitrogens with one attached hydrogen (secondary N) is 1. The van der Waals surface area contributed by atoms with E-state index >= 15 is 0 Å². The molecule has 1 saturated heterocycles. The third-order valence-corrected chi connectivity index (χ3v) is 7.37. The molecule has 174 valence electrons. The highest BCUT2D eigenvalue weighted by Crippen LogP contribution is 2.26. The minimum atomic E-state index is -3.59. The van der Waals surface area contributed by atoms with Crippen LogP contribution in [0.15, 0.2) is 59.5 Å². The Labute approximate surface area is 191 Å². The van der Waals surface area contributed by atoms with Crippen LogP contribution in [-0.4, -0.2) is 56.3 Å². The van der Waals surface area contributed by atoms with E-state index in [2.05, 4.69) is 5.32 Å². The Kier molecular flexibility index (Phi) is 7.91. The summed E-state index contributed by atoms with van der Waals surface area (Å²) in [7, 11) is -3.59. The largest absolute Gasteiger partial charge is 0.483 e. The molecule has 1 aliphatic heterocycles. The number of ketones is 1. The number of hydrogen-bond acceptors (Lipinski definition) is 5. The number of halogens is 1. The van der Waals surface area contributed by atoms with Gasteiger partial charge in [-0.05, 0) is 65.2 Å². The van der Waals surface area contributed by atoms with Gasteiger partial charge in [0.15, 0.2) is 5.78 Å². The highest BCUT2D eigenvalue weighted by Gasteiger charge is 2.26. The highest BCUT2D eigenvalue weighted by atomic mass is 32.2. The van der Waals surface area contributed by atoms with Gasteiger partial charge in [0.05, 0.1) is 4.90 Å². The van der Waals surface area contributed by atoms with Crippen molar-refractivity contribution in [3.8, 4) is 0 Å². The summed E-state index contributed by atoms with van der Waals surface area (Å²) in [6.45, 7) is 3.82. The second-order valence-corrected chi connectivity index (χ2v) is 9.41. The quantitative estimate of drug-likeness (QED) is 0.437. The Morgan fingerprint density at radius 1 is 1.09 bits per heavy atom. The molecule has 2 N–H and O–H groups in total. The third kappa shape index (κ3) is 5.44. The lowest BCUT2D eigenvalue weighted by atomic mass is 9.94. The first-order valence-electron chi connectivity index (χ1n) is 10.5. The number of aryl methyl sites for hydroxylation is 1. The summed E-state index contributed by atoms with van der Waals surface area (Å²) < 4.78 is 40.9. The van der Waals surface area contributed by atoms with Crippen LogP contribution < -0.4 is 5.32 Å². The smallest absolute Gasteiger partial charge is 0.290 e. The van der Waals surface area contributed by atoms with Crippen LogP contribution in [0, 0.1) is 5.82 Å². The molecule has 0 atom stereocenters. The zero-order valence-corrected chi connectivity index (χ0v) is 18.9. The molecule has 0 radical (unpaired) electrons. The molecule has 1 aliphatic rings. The van der Waals surface area contributed by atoms with E-state index in [1.54, 1.807) is 12.1 Å². The molecule has 0 spiro atoms. The van der Waals surface area contributed by atoms with Gasteiger partial charge in [0.25, 0.3) is 6.47 Å². The standard InChI is InChI=1S/C23H23FN2O3S.CH2O2/c1-2-16-13-18-3-6-19(24)15-21(18)22(14-16)23(27)17-4-7-20(8-5-17)30(28,29)26-11-9-25-10-12-26;2-1-3/h3-8,13-15,25H,2,9-12H2,1H3;1H,(H,2,3). The number of nitrogens with zero attached hydrogens (tertiary/aromatic N) is 1. The normalized spacial score (nSPS) is 14.4. The Morgan fingerprint density at radius 3 is 2.33 bits per heavy atom. The molecule has 0 bridgehead atoms. The fourth-order valence-corrected chi connectivity index (χ4v) is 5.19. The number of hydrogen-bond donors (Lipinski definition) is 2. The van der Waals surface area contributed by atoms with Gasteiger partial charge in [-0.25, -0.2) is 12.8 Å². The first-order valence-corrected chi connectivity index (χ1v) is 11.9. The van der Waals surface area contributed by atoms with Gasteiger partial charge < -0.3 is 10.4 Å². The van der Waals surface area contributed by atoms with E-state index < -0.39 is 15.8 Å². The molecule has 1 heterocycles. The van der Waals surface area contributed by atoms with Crippen LogP contribution in [0.25, 0.3) is 10.8 Å². The van der Waals surface area contributed by atoms with Crippen LogP contribution in [0.5, 0.6) is 0 Å². The van der Waals surface area contributed by atoms with Gasteiger partial charge >= 0.3 is 0 Å². The summed E-state index contributed by atoms with van der Waals surface area (Å²) in [6.07, 6.45) is 0.746. The van der Waals surface area contributed by atoms with E-state index in [-0.39, 0.29) is 17.2 Å². The Balaban J connectivity index is 0.000000968.